The molecular formula is C34H51N3O5S. The maximum atomic E-state index is 14.4. The maximum Gasteiger partial charge on any atom is 0.408 e. The van der Waals surface area contributed by atoms with Gasteiger partial charge >= 0.3 is 6.09 Å². The summed E-state index contributed by atoms with van der Waals surface area (Å²) in [4.78, 5) is 43.0. The number of anilines is 1. The summed E-state index contributed by atoms with van der Waals surface area (Å²) in [6.45, 7) is 11.6. The number of amides is 3. The molecule has 0 aliphatic carbocycles. The SMILES string of the molecule is CCCCCCCCN(C(=O)C(CCSC)NC(=O)OC(C)(C)C)C(C(=O)Nc1c(C)cccc1C)c1cccc(O)c1. The van der Waals surface area contributed by atoms with Gasteiger partial charge in [0.25, 0.3) is 5.91 Å². The molecule has 43 heavy (non-hydrogen) atoms. The molecule has 8 nitrogen and oxygen atoms in total. The molecule has 0 spiro atoms. The molecule has 3 amide bonds. The van der Waals surface area contributed by atoms with Crippen molar-refractivity contribution in [1.29, 1.82) is 0 Å². The van der Waals surface area contributed by atoms with Gasteiger partial charge in [0.2, 0.25) is 5.91 Å². The maximum absolute atomic E-state index is 14.4. The number of hydrogen-bond donors (Lipinski definition) is 3. The molecule has 0 aliphatic rings. The summed E-state index contributed by atoms with van der Waals surface area (Å²) in [5.74, 6) is -0.121. The topological polar surface area (TPSA) is 108 Å². The van der Waals surface area contributed by atoms with Gasteiger partial charge in [0.1, 0.15) is 23.4 Å². The van der Waals surface area contributed by atoms with Gasteiger partial charge in [-0.3, -0.25) is 9.59 Å². The number of carbonyl (C=O) groups is 3. The number of nitrogens with zero attached hydrogens (tertiary/aromatic N) is 1. The van der Waals surface area contributed by atoms with Crippen LogP contribution in [0.25, 0.3) is 0 Å². The summed E-state index contributed by atoms with van der Waals surface area (Å²) < 4.78 is 5.49. The van der Waals surface area contributed by atoms with Gasteiger partial charge in [-0.2, -0.15) is 11.8 Å². The van der Waals surface area contributed by atoms with E-state index in [-0.39, 0.29) is 17.6 Å². The zero-order valence-corrected chi connectivity index (χ0v) is 27.8. The summed E-state index contributed by atoms with van der Waals surface area (Å²) in [5.41, 5.74) is 2.26. The standard InChI is InChI=1S/C34H51N3O5S/c1-8-9-10-11-12-13-21-37(32(40)28(20-22-43-7)35-33(41)42-34(4,5)6)30(26-18-15-19-27(38)23-26)31(39)36-29-24(2)16-14-17-25(29)3/h14-19,23,28,30,38H,8-13,20-22H2,1-7H3,(H,35,41)(H,36,39). The number of benzene rings is 2. The second kappa shape index (κ2) is 17.8. The number of ether oxygens (including phenoxy) is 1. The number of aryl methyl sites for hydroxylation is 2. The summed E-state index contributed by atoms with van der Waals surface area (Å²) in [6, 6.07) is 10.3. The average Bonchev–Trinajstić information content (AvgIpc) is 2.93. The number of aromatic hydroxyl groups is 1. The lowest BCUT2D eigenvalue weighted by molar-refractivity contribution is -0.141. The Morgan fingerprint density at radius 2 is 1.60 bits per heavy atom. The minimum Gasteiger partial charge on any atom is -0.508 e. The molecule has 0 heterocycles. The molecule has 238 valence electrons. The second-order valence-corrected chi connectivity index (χ2v) is 13.0. The van der Waals surface area contributed by atoms with E-state index in [2.05, 4.69) is 17.6 Å². The predicted molar refractivity (Wildman–Crippen MR) is 177 cm³/mol. The summed E-state index contributed by atoms with van der Waals surface area (Å²) in [5, 5.41) is 16.2. The molecule has 2 aromatic carbocycles. The van der Waals surface area contributed by atoms with Crippen LogP contribution in [0.2, 0.25) is 0 Å². The highest BCUT2D eigenvalue weighted by Gasteiger charge is 2.36. The van der Waals surface area contributed by atoms with Gasteiger partial charge in [-0.05, 0) is 88.3 Å². The third-order valence-electron chi connectivity index (χ3n) is 7.11. The number of hydrogen-bond acceptors (Lipinski definition) is 6. The van der Waals surface area contributed by atoms with Crippen LogP contribution in [-0.4, -0.2) is 58.1 Å². The van der Waals surface area contributed by atoms with Crippen molar-refractivity contribution < 1.29 is 24.2 Å². The lowest BCUT2D eigenvalue weighted by atomic mass is 10.00. The van der Waals surface area contributed by atoms with Crippen molar-refractivity contribution in [3.63, 3.8) is 0 Å². The monoisotopic (exact) mass is 613 g/mol. The molecule has 0 bridgehead atoms. The Hall–Kier alpha value is -3.20. The Kier molecular flexibility index (Phi) is 14.9. The van der Waals surface area contributed by atoms with Crippen molar-refractivity contribution in [2.24, 2.45) is 0 Å². The van der Waals surface area contributed by atoms with Crippen LogP contribution in [0.3, 0.4) is 0 Å². The molecule has 0 aliphatic heterocycles. The third kappa shape index (κ3) is 12.1. The number of carbonyl (C=O) groups excluding carboxylic acids is 3. The van der Waals surface area contributed by atoms with Crippen molar-refractivity contribution in [1.82, 2.24) is 10.2 Å². The Morgan fingerprint density at radius 3 is 2.21 bits per heavy atom. The van der Waals surface area contributed by atoms with E-state index >= 15 is 0 Å². The first-order chi connectivity index (χ1) is 20.4. The van der Waals surface area contributed by atoms with Gasteiger partial charge in [-0.15, -0.1) is 0 Å². The molecule has 2 aromatic rings. The van der Waals surface area contributed by atoms with Crippen molar-refractivity contribution >= 4 is 35.4 Å². The van der Waals surface area contributed by atoms with Crippen LogP contribution in [0.5, 0.6) is 5.75 Å². The number of nitrogens with one attached hydrogen (secondary N) is 2. The van der Waals surface area contributed by atoms with Gasteiger partial charge in [-0.1, -0.05) is 69.4 Å². The molecule has 3 N–H and O–H groups in total. The first-order valence-electron chi connectivity index (χ1n) is 15.3. The summed E-state index contributed by atoms with van der Waals surface area (Å²) >= 11 is 1.57. The van der Waals surface area contributed by atoms with Gasteiger partial charge in [0, 0.05) is 12.2 Å². The highest BCUT2D eigenvalue weighted by atomic mass is 32.2. The summed E-state index contributed by atoms with van der Waals surface area (Å²) in [6.07, 6.45) is 7.68. The second-order valence-electron chi connectivity index (χ2n) is 12.0. The lowest BCUT2D eigenvalue weighted by Gasteiger charge is -2.35. The number of rotatable bonds is 16. The Labute approximate surface area is 262 Å². The normalized spacial score (nSPS) is 12.7. The van der Waals surface area contributed by atoms with Gasteiger partial charge in [-0.25, -0.2) is 4.79 Å². The van der Waals surface area contributed by atoms with Crippen molar-refractivity contribution in [3.05, 3.63) is 59.2 Å². The number of phenols is 1. The van der Waals surface area contributed by atoms with E-state index in [1.807, 2.05) is 38.3 Å². The number of unbranched alkanes of at least 4 members (excludes halogenated alkanes) is 5. The van der Waals surface area contributed by atoms with Crippen LogP contribution >= 0.6 is 11.8 Å². The Balaban J connectivity index is 2.54. The van der Waals surface area contributed by atoms with Crippen molar-refractivity contribution in [2.75, 3.05) is 23.9 Å². The lowest BCUT2D eigenvalue weighted by Crippen LogP contribution is -2.52. The van der Waals surface area contributed by atoms with E-state index in [9.17, 15) is 19.5 Å². The van der Waals surface area contributed by atoms with Gasteiger partial charge in [0.05, 0.1) is 0 Å². The van der Waals surface area contributed by atoms with E-state index in [0.29, 0.717) is 36.4 Å². The minimum atomic E-state index is -1.04. The van der Waals surface area contributed by atoms with Crippen LogP contribution in [0.4, 0.5) is 10.5 Å². The minimum absolute atomic E-state index is 0.000139. The molecule has 2 atom stereocenters. The van der Waals surface area contributed by atoms with Crippen LogP contribution in [-0.2, 0) is 14.3 Å². The zero-order chi connectivity index (χ0) is 32.0. The fourth-order valence-electron chi connectivity index (χ4n) is 4.94. The van der Waals surface area contributed by atoms with Gasteiger partial charge < -0.3 is 25.4 Å². The molecule has 0 saturated carbocycles. The molecule has 2 unspecified atom stereocenters. The van der Waals surface area contributed by atoms with Crippen molar-refractivity contribution in [3.8, 4) is 5.75 Å². The Morgan fingerprint density at radius 1 is 0.977 bits per heavy atom. The quantitative estimate of drug-likeness (QED) is 0.169. The molecule has 2 rings (SSSR count). The number of alkyl carbamates (subject to hydrolysis) is 1. The van der Waals surface area contributed by atoms with E-state index in [1.165, 1.54) is 12.1 Å². The van der Waals surface area contributed by atoms with Crippen LogP contribution in [0.15, 0.2) is 42.5 Å². The molecular weight excluding hydrogens is 562 g/mol. The summed E-state index contributed by atoms with van der Waals surface area (Å²) in [7, 11) is 0. The predicted octanol–water partition coefficient (Wildman–Crippen LogP) is 7.52. The average molecular weight is 614 g/mol. The van der Waals surface area contributed by atoms with E-state index in [1.54, 1.807) is 49.6 Å². The molecule has 0 fully saturated rings. The highest BCUT2D eigenvalue weighted by Crippen LogP contribution is 2.29. The van der Waals surface area contributed by atoms with Crippen molar-refractivity contribution in [2.45, 2.75) is 104 Å². The van der Waals surface area contributed by atoms with Crippen LogP contribution in [0, 0.1) is 13.8 Å². The third-order valence-corrected chi connectivity index (χ3v) is 7.75. The fourth-order valence-corrected chi connectivity index (χ4v) is 5.41. The fraction of sp³-hybridized carbons (Fsp3) is 0.559. The molecule has 9 heteroatoms. The zero-order valence-electron chi connectivity index (χ0n) is 27.0. The Bertz CT molecular complexity index is 1180. The first kappa shape index (κ1) is 36.0. The highest BCUT2D eigenvalue weighted by molar-refractivity contribution is 7.98. The number of thioether (sulfide) groups is 1. The van der Waals surface area contributed by atoms with E-state index in [0.717, 1.165) is 43.2 Å². The van der Waals surface area contributed by atoms with E-state index < -0.39 is 23.8 Å². The molecule has 0 radical (unpaired) electrons. The smallest absolute Gasteiger partial charge is 0.408 e. The molecule has 0 aromatic heterocycles. The first-order valence-corrected chi connectivity index (χ1v) is 16.7. The van der Waals surface area contributed by atoms with Gasteiger partial charge in [0.15, 0.2) is 0 Å². The number of phenolic OH excluding ortho intramolecular Hbond substituents is 1. The largest absolute Gasteiger partial charge is 0.508 e. The van der Waals surface area contributed by atoms with Crippen LogP contribution in [0.1, 0.15) is 95.4 Å². The van der Waals surface area contributed by atoms with Crippen LogP contribution < -0.4 is 10.6 Å². The number of para-hydroxylation sites is 1. The van der Waals surface area contributed by atoms with E-state index in [4.69, 9.17) is 4.74 Å². The molecule has 0 saturated heterocycles.